The smallest absolute Gasteiger partial charge is 0.237 e. The fourth-order valence-corrected chi connectivity index (χ4v) is 3.14. The number of hydrogen-bond acceptors (Lipinski definition) is 5. The lowest BCUT2D eigenvalue weighted by Gasteiger charge is -2.13. The summed E-state index contributed by atoms with van der Waals surface area (Å²) in [6, 6.07) is 6.95. The van der Waals surface area contributed by atoms with Gasteiger partial charge in [-0.1, -0.05) is 43.7 Å². The Balaban J connectivity index is 1.96. The summed E-state index contributed by atoms with van der Waals surface area (Å²) < 4.78 is 1.99. The Kier molecular flexibility index (Phi) is 7.18. The predicted molar refractivity (Wildman–Crippen MR) is 99.9 cm³/mol. The molecule has 1 atom stereocenters. The zero-order valence-corrected chi connectivity index (χ0v) is 15.7. The van der Waals surface area contributed by atoms with Crippen molar-refractivity contribution in [1.29, 1.82) is 0 Å². The van der Waals surface area contributed by atoms with Gasteiger partial charge >= 0.3 is 0 Å². The number of rotatable bonds is 9. The number of nitrogens with zero attached hydrogens (tertiary/aromatic N) is 3. The molecule has 134 valence electrons. The molecule has 0 aliphatic carbocycles. The summed E-state index contributed by atoms with van der Waals surface area (Å²) in [5.74, 6) is -0.160. The molecule has 2 aromatic rings. The molecule has 0 aliphatic heterocycles. The summed E-state index contributed by atoms with van der Waals surface area (Å²) in [6.45, 7) is 6.36. The van der Waals surface area contributed by atoms with Crippen LogP contribution in [-0.2, 0) is 11.3 Å². The van der Waals surface area contributed by atoms with Crippen LogP contribution in [0.5, 0.6) is 0 Å². The van der Waals surface area contributed by atoms with E-state index in [1.807, 2.05) is 11.5 Å². The Morgan fingerprint density at radius 2 is 2.12 bits per heavy atom. The summed E-state index contributed by atoms with van der Waals surface area (Å²) in [6.07, 6.45) is 5.09. The minimum Gasteiger partial charge on any atom is -0.325 e. The summed E-state index contributed by atoms with van der Waals surface area (Å²) >= 11 is 1.38. The van der Waals surface area contributed by atoms with Crippen LogP contribution in [0.15, 0.2) is 35.7 Å². The van der Waals surface area contributed by atoms with Crippen molar-refractivity contribution in [3.05, 3.63) is 36.2 Å². The Morgan fingerprint density at radius 3 is 2.84 bits per heavy atom. The van der Waals surface area contributed by atoms with Crippen molar-refractivity contribution in [3.8, 4) is 0 Å². The maximum atomic E-state index is 12.4. The van der Waals surface area contributed by atoms with E-state index in [-0.39, 0.29) is 16.9 Å². The van der Waals surface area contributed by atoms with Gasteiger partial charge in [0, 0.05) is 17.8 Å². The lowest BCUT2D eigenvalue weighted by molar-refractivity contribution is -0.115. The number of benzene rings is 1. The van der Waals surface area contributed by atoms with E-state index < -0.39 is 0 Å². The molecule has 0 fully saturated rings. The number of thioether (sulfide) groups is 1. The van der Waals surface area contributed by atoms with E-state index in [2.05, 4.69) is 22.4 Å². The highest BCUT2D eigenvalue weighted by Crippen LogP contribution is 2.23. The second-order valence-electron chi connectivity index (χ2n) is 5.90. The zero-order valence-electron chi connectivity index (χ0n) is 14.9. The molecular formula is C18H24N4O2S. The molecule has 7 heteroatoms. The van der Waals surface area contributed by atoms with Crippen LogP contribution in [0, 0.1) is 0 Å². The van der Waals surface area contributed by atoms with Crippen molar-refractivity contribution in [2.75, 3.05) is 5.32 Å². The minimum atomic E-state index is -0.324. The topological polar surface area (TPSA) is 76.9 Å². The number of carbonyl (C=O) groups is 2. The number of amides is 1. The van der Waals surface area contributed by atoms with Gasteiger partial charge in [-0.25, -0.2) is 0 Å². The molecule has 0 spiro atoms. The largest absolute Gasteiger partial charge is 0.325 e. The summed E-state index contributed by atoms with van der Waals surface area (Å²) in [4.78, 5) is 23.9. The van der Waals surface area contributed by atoms with Crippen molar-refractivity contribution in [2.45, 2.75) is 57.0 Å². The molecule has 1 aromatic heterocycles. The Labute approximate surface area is 152 Å². The summed E-state index contributed by atoms with van der Waals surface area (Å²) in [5, 5.41) is 11.3. The Hall–Kier alpha value is -2.15. The number of carbonyl (C=O) groups excluding carboxylic acids is 2. The van der Waals surface area contributed by atoms with Gasteiger partial charge in [-0.3, -0.25) is 9.59 Å². The van der Waals surface area contributed by atoms with Gasteiger partial charge in [0.2, 0.25) is 5.91 Å². The SMILES string of the molecule is CCCCCn1cnnc1S[C@H](C)C(=O)Nc1cccc(C(C)=O)c1. The molecule has 6 nitrogen and oxygen atoms in total. The molecule has 1 aromatic carbocycles. The van der Waals surface area contributed by atoms with Crippen LogP contribution < -0.4 is 5.32 Å². The molecule has 0 saturated carbocycles. The maximum Gasteiger partial charge on any atom is 0.237 e. The monoisotopic (exact) mass is 360 g/mol. The van der Waals surface area contributed by atoms with Crippen LogP contribution in [0.3, 0.4) is 0 Å². The normalized spacial score (nSPS) is 12.0. The maximum absolute atomic E-state index is 12.4. The van der Waals surface area contributed by atoms with E-state index in [0.29, 0.717) is 11.3 Å². The molecule has 2 rings (SSSR count). The molecule has 0 radical (unpaired) electrons. The number of unbranched alkanes of at least 4 members (excludes halogenated alkanes) is 2. The molecule has 0 unspecified atom stereocenters. The second kappa shape index (κ2) is 9.36. The lowest BCUT2D eigenvalue weighted by Crippen LogP contribution is -2.23. The highest BCUT2D eigenvalue weighted by Gasteiger charge is 2.18. The number of Topliss-reactive ketones (excluding diaryl/α,β-unsaturated/α-hetero) is 1. The van der Waals surface area contributed by atoms with E-state index in [4.69, 9.17) is 0 Å². The quantitative estimate of drug-likeness (QED) is 0.418. The van der Waals surface area contributed by atoms with Crippen molar-refractivity contribution in [1.82, 2.24) is 14.8 Å². The van der Waals surface area contributed by atoms with Crippen molar-refractivity contribution in [3.63, 3.8) is 0 Å². The van der Waals surface area contributed by atoms with Gasteiger partial charge in [0.1, 0.15) is 6.33 Å². The molecule has 0 aliphatic rings. The molecule has 1 amide bonds. The lowest BCUT2D eigenvalue weighted by atomic mass is 10.1. The zero-order chi connectivity index (χ0) is 18.2. The van der Waals surface area contributed by atoms with Crippen molar-refractivity contribution in [2.24, 2.45) is 0 Å². The van der Waals surface area contributed by atoms with Crippen LogP contribution in [0.1, 0.15) is 50.4 Å². The molecular weight excluding hydrogens is 336 g/mol. The Bertz CT molecular complexity index is 729. The van der Waals surface area contributed by atoms with Crippen LogP contribution in [0.2, 0.25) is 0 Å². The predicted octanol–water partition coefficient (Wildman–Crippen LogP) is 3.79. The first-order valence-electron chi connectivity index (χ1n) is 8.47. The minimum absolute atomic E-state index is 0.0290. The van der Waals surface area contributed by atoms with Crippen molar-refractivity contribution < 1.29 is 9.59 Å². The molecule has 1 heterocycles. The number of aromatic nitrogens is 3. The molecule has 25 heavy (non-hydrogen) atoms. The number of hydrogen-bond donors (Lipinski definition) is 1. The summed E-state index contributed by atoms with van der Waals surface area (Å²) in [5.41, 5.74) is 1.20. The number of anilines is 1. The third-order valence-corrected chi connectivity index (χ3v) is 4.87. The first kappa shape index (κ1) is 19.2. The van der Waals surface area contributed by atoms with E-state index in [1.165, 1.54) is 18.7 Å². The standard InChI is InChI=1S/C18H24N4O2S/c1-4-5-6-10-22-12-19-21-18(22)25-14(3)17(24)20-16-9-7-8-15(11-16)13(2)23/h7-9,11-12,14H,4-6,10H2,1-3H3,(H,20,24)/t14-/m1/s1. The van der Waals surface area contributed by atoms with Gasteiger partial charge in [-0.2, -0.15) is 0 Å². The van der Waals surface area contributed by atoms with Crippen LogP contribution in [0.25, 0.3) is 0 Å². The first-order valence-corrected chi connectivity index (χ1v) is 9.35. The number of ketones is 1. The number of nitrogens with one attached hydrogen (secondary N) is 1. The molecule has 1 N–H and O–H groups in total. The fourth-order valence-electron chi connectivity index (χ4n) is 2.29. The highest BCUT2D eigenvalue weighted by atomic mass is 32.2. The van der Waals surface area contributed by atoms with Gasteiger partial charge in [-0.15, -0.1) is 10.2 Å². The Morgan fingerprint density at radius 1 is 1.32 bits per heavy atom. The van der Waals surface area contributed by atoms with Crippen LogP contribution in [0.4, 0.5) is 5.69 Å². The van der Waals surface area contributed by atoms with Gasteiger partial charge in [0.05, 0.1) is 5.25 Å². The van der Waals surface area contributed by atoms with E-state index in [1.54, 1.807) is 30.6 Å². The second-order valence-corrected chi connectivity index (χ2v) is 7.21. The van der Waals surface area contributed by atoms with E-state index in [9.17, 15) is 9.59 Å². The summed E-state index contributed by atoms with van der Waals surface area (Å²) in [7, 11) is 0. The van der Waals surface area contributed by atoms with E-state index in [0.717, 1.165) is 31.0 Å². The number of aryl methyl sites for hydroxylation is 1. The molecule has 0 bridgehead atoms. The average molecular weight is 360 g/mol. The third-order valence-electron chi connectivity index (χ3n) is 3.77. The fraction of sp³-hybridized carbons (Fsp3) is 0.444. The van der Waals surface area contributed by atoms with Gasteiger partial charge in [0.15, 0.2) is 10.9 Å². The third kappa shape index (κ3) is 5.70. The van der Waals surface area contributed by atoms with E-state index >= 15 is 0 Å². The van der Waals surface area contributed by atoms with Crippen molar-refractivity contribution >= 4 is 29.1 Å². The van der Waals surface area contributed by atoms with Crippen LogP contribution >= 0.6 is 11.8 Å². The first-order chi connectivity index (χ1) is 12.0. The highest BCUT2D eigenvalue weighted by molar-refractivity contribution is 8.00. The van der Waals surface area contributed by atoms with Crippen LogP contribution in [-0.4, -0.2) is 31.7 Å². The van der Waals surface area contributed by atoms with Gasteiger partial charge < -0.3 is 9.88 Å². The average Bonchev–Trinajstić information content (AvgIpc) is 3.02. The molecule has 0 saturated heterocycles. The van der Waals surface area contributed by atoms with Gasteiger partial charge in [0.25, 0.3) is 0 Å². The van der Waals surface area contributed by atoms with Gasteiger partial charge in [-0.05, 0) is 32.4 Å².